The molecule has 6 aromatic heterocycles. The van der Waals surface area contributed by atoms with E-state index < -0.39 is 0 Å². The summed E-state index contributed by atoms with van der Waals surface area (Å²) in [6.45, 7) is 0. The summed E-state index contributed by atoms with van der Waals surface area (Å²) >= 11 is 0. The van der Waals surface area contributed by atoms with Crippen LogP contribution in [0.1, 0.15) is 0 Å². The summed E-state index contributed by atoms with van der Waals surface area (Å²) in [4.78, 5) is 0. The fourth-order valence-corrected chi connectivity index (χ4v) is 22.0. The van der Waals surface area contributed by atoms with Gasteiger partial charge in [0.25, 0.3) is 0 Å². The first-order chi connectivity index (χ1) is 65.5. The van der Waals surface area contributed by atoms with E-state index in [4.69, 9.17) is 0 Å². The Bertz CT molecular complexity index is 9420. The monoisotopic (exact) mass is 1680 g/mol. The molecule has 132 heavy (non-hydrogen) atoms. The average molecular weight is 1680 g/mol. The van der Waals surface area contributed by atoms with Gasteiger partial charge in [-0.2, -0.15) is 0 Å². The van der Waals surface area contributed by atoms with Crippen molar-refractivity contribution in [2.45, 2.75) is 0 Å². The molecule has 0 amide bonds. The van der Waals surface area contributed by atoms with Gasteiger partial charge in [-0.25, -0.2) is 0 Å². The van der Waals surface area contributed by atoms with Crippen molar-refractivity contribution in [3.8, 4) is 56.4 Å². The number of hydrogen-bond acceptors (Lipinski definition) is 0. The number of aromatic nitrogens is 6. The van der Waals surface area contributed by atoms with Crippen molar-refractivity contribution in [2.24, 2.45) is 0 Å². The molecule has 0 saturated carbocycles. The molecule has 0 aliphatic carbocycles. The molecule has 0 aliphatic heterocycles. The van der Waals surface area contributed by atoms with Crippen LogP contribution in [0.3, 0.4) is 0 Å². The summed E-state index contributed by atoms with van der Waals surface area (Å²) in [7, 11) is 0. The van der Waals surface area contributed by atoms with E-state index in [2.05, 4.69) is 513 Å². The van der Waals surface area contributed by atoms with Gasteiger partial charge in [0, 0.05) is 98.8 Å². The van der Waals surface area contributed by atoms with E-state index in [9.17, 15) is 0 Å². The Balaban J connectivity index is 0.000000101. The zero-order valence-corrected chi connectivity index (χ0v) is 71.9. The van der Waals surface area contributed by atoms with Gasteiger partial charge in [-0.15, -0.1) is 0 Å². The SMILES string of the molecule is c1ccc(-n2c3ccc(-n4c5ccc6ccccc6c5c5c6ccccc6ccc54)cc3c3c4ccccc4ccc32)cc1.c1ccc(-n2c3ccccc3c3cc(-c4ccc(-c5ccc6c(c5)c5ccccc5n6-c5ccccc5)cc4)ccc32)cc1.c1ccc2cc(-n3c4ccccc4c4cc(-n5c6ccc7ccccc7c6c6c7ccccc7ccc65)ccc43)ccc2c1. The zero-order chi connectivity index (χ0) is 86.6. The molecule has 0 radical (unpaired) electrons. The topological polar surface area (TPSA) is 29.6 Å². The molecule has 0 fully saturated rings. The summed E-state index contributed by atoms with van der Waals surface area (Å²) < 4.78 is 14.5. The van der Waals surface area contributed by atoms with Crippen molar-refractivity contribution in [3.63, 3.8) is 0 Å². The van der Waals surface area contributed by atoms with Gasteiger partial charge in [0.05, 0.1) is 66.2 Å². The van der Waals surface area contributed by atoms with Crippen LogP contribution in [0.5, 0.6) is 0 Å². The van der Waals surface area contributed by atoms with Crippen molar-refractivity contribution in [3.05, 3.63) is 485 Å². The highest BCUT2D eigenvalue weighted by atomic mass is 15.0. The lowest BCUT2D eigenvalue weighted by Crippen LogP contribution is -1.96. The molecule has 0 spiro atoms. The molecule has 6 nitrogen and oxygen atoms in total. The fourth-order valence-electron chi connectivity index (χ4n) is 22.0. The molecule has 614 valence electrons. The van der Waals surface area contributed by atoms with Crippen molar-refractivity contribution in [1.29, 1.82) is 0 Å². The lowest BCUT2D eigenvalue weighted by molar-refractivity contribution is 1.17. The highest BCUT2D eigenvalue weighted by molar-refractivity contribution is 6.31. The van der Waals surface area contributed by atoms with Crippen LogP contribution in [-0.4, -0.2) is 27.4 Å². The predicted octanol–water partition coefficient (Wildman–Crippen LogP) is 33.9. The van der Waals surface area contributed by atoms with Crippen molar-refractivity contribution >= 4 is 195 Å². The van der Waals surface area contributed by atoms with Crippen LogP contribution in [0, 0.1) is 0 Å². The fraction of sp³-hybridized carbons (Fsp3) is 0. The van der Waals surface area contributed by atoms with Crippen molar-refractivity contribution < 1.29 is 0 Å². The van der Waals surface area contributed by atoms with Gasteiger partial charge in [-0.3, -0.25) is 0 Å². The number of rotatable bonds is 8. The standard InChI is InChI=1S/2C42H26N2.C42H28N2/c1-2-12-30-25-31(20-17-27(30)9-1)43-37-16-8-7-15-35(37)36-26-32(21-24-38(36)43)44-39-22-18-28-10-3-5-13-33(28)41(39)42-34-14-6-4-11-29(34)19-23-40(42)44;1-2-13-30(14-3-1)43-36-25-21-31(26-35(36)40-32-15-7-4-10-27(32)18-22-37(40)43)44-38-23-19-28-11-5-8-16-33(28)41(38)42-34-17-9-6-12-29(34)20-24-39(42)44;1-3-11-33(12-4-1)43-39-17-9-7-15-35(39)37-27-31(23-25-41(37)43)29-19-21-30(22-20-29)32-24-26-42-38(28-32)36-16-8-10-18-40(36)44(42)34-13-5-2-6-14-34/h2*1-26H;1-28H. The van der Waals surface area contributed by atoms with E-state index in [1.165, 1.54) is 252 Å². The molecule has 23 aromatic carbocycles. The van der Waals surface area contributed by atoms with E-state index in [1.54, 1.807) is 0 Å². The van der Waals surface area contributed by atoms with E-state index in [1.807, 2.05) is 0 Å². The summed E-state index contributed by atoms with van der Waals surface area (Å²) in [5.41, 5.74) is 26.6. The molecule has 29 rings (SSSR count). The Morgan fingerprint density at radius 3 is 0.697 bits per heavy atom. The van der Waals surface area contributed by atoms with Crippen LogP contribution in [-0.2, 0) is 0 Å². The van der Waals surface area contributed by atoms with Gasteiger partial charge in [-0.05, 0) is 245 Å². The number of para-hydroxylation sites is 6. The summed E-state index contributed by atoms with van der Waals surface area (Å²) in [5.74, 6) is 0. The first-order valence-corrected chi connectivity index (χ1v) is 45.5. The molecule has 6 heterocycles. The van der Waals surface area contributed by atoms with Crippen molar-refractivity contribution in [2.75, 3.05) is 0 Å². The van der Waals surface area contributed by atoms with Crippen LogP contribution in [0.4, 0.5) is 0 Å². The molecule has 6 heteroatoms. The largest absolute Gasteiger partial charge is 0.309 e. The van der Waals surface area contributed by atoms with Gasteiger partial charge < -0.3 is 27.4 Å². The number of benzene rings is 23. The third-order valence-electron chi connectivity index (χ3n) is 27.8. The minimum atomic E-state index is 1.17. The van der Waals surface area contributed by atoms with E-state index in [0.29, 0.717) is 0 Å². The van der Waals surface area contributed by atoms with Crippen molar-refractivity contribution in [1.82, 2.24) is 27.4 Å². The number of fused-ring (bicyclic) bond motifs is 29. The second-order valence-electron chi connectivity index (χ2n) is 35.0. The smallest absolute Gasteiger partial charge is 0.0547 e. The van der Waals surface area contributed by atoms with Crippen LogP contribution in [0.15, 0.2) is 485 Å². The molecular weight excluding hydrogens is 1600 g/mol. The Morgan fingerprint density at radius 1 is 0.0985 bits per heavy atom. The second-order valence-corrected chi connectivity index (χ2v) is 35.0. The third kappa shape index (κ3) is 11.7. The highest BCUT2D eigenvalue weighted by Crippen LogP contribution is 2.48. The Labute approximate surface area is 759 Å². The zero-order valence-electron chi connectivity index (χ0n) is 71.9. The third-order valence-corrected chi connectivity index (χ3v) is 27.8. The molecular formula is C126H80N6. The quantitative estimate of drug-likeness (QED) is 0.145. The minimum Gasteiger partial charge on any atom is -0.309 e. The molecule has 0 saturated heterocycles. The summed E-state index contributed by atoms with van der Waals surface area (Å²) in [5, 5.41) is 30.7. The van der Waals surface area contributed by atoms with E-state index in [-0.39, 0.29) is 0 Å². The van der Waals surface area contributed by atoms with Crippen LogP contribution in [0.25, 0.3) is 252 Å². The maximum atomic E-state index is 2.47. The first-order valence-electron chi connectivity index (χ1n) is 45.5. The number of nitrogens with zero attached hydrogens (tertiary/aromatic N) is 6. The average Bonchev–Trinajstić information content (AvgIpc) is 1.54. The Hall–Kier alpha value is -17.6. The normalized spacial score (nSPS) is 11.9. The van der Waals surface area contributed by atoms with Gasteiger partial charge in [-0.1, -0.05) is 328 Å². The van der Waals surface area contributed by atoms with Gasteiger partial charge >= 0.3 is 0 Å². The predicted molar refractivity (Wildman–Crippen MR) is 561 cm³/mol. The lowest BCUT2D eigenvalue weighted by Gasteiger charge is -2.11. The first kappa shape index (κ1) is 74.6. The lowest BCUT2D eigenvalue weighted by atomic mass is 9.98. The van der Waals surface area contributed by atoms with E-state index >= 15 is 0 Å². The number of hydrogen-bond donors (Lipinski definition) is 0. The molecule has 0 aliphatic rings. The summed E-state index contributed by atoms with van der Waals surface area (Å²) in [6, 6.07) is 177. The molecule has 29 aromatic rings. The molecule has 0 bridgehead atoms. The minimum absolute atomic E-state index is 1.17. The maximum Gasteiger partial charge on any atom is 0.0547 e. The van der Waals surface area contributed by atoms with Gasteiger partial charge in [0.1, 0.15) is 0 Å². The van der Waals surface area contributed by atoms with Crippen LogP contribution >= 0.6 is 0 Å². The summed E-state index contributed by atoms with van der Waals surface area (Å²) in [6.07, 6.45) is 0. The molecule has 0 atom stereocenters. The van der Waals surface area contributed by atoms with Crippen LogP contribution in [0.2, 0.25) is 0 Å². The molecule has 0 N–H and O–H groups in total. The Morgan fingerprint density at radius 2 is 0.318 bits per heavy atom. The van der Waals surface area contributed by atoms with Gasteiger partial charge in [0.15, 0.2) is 0 Å². The van der Waals surface area contributed by atoms with Crippen LogP contribution < -0.4 is 0 Å². The molecule has 0 unspecified atom stereocenters. The maximum absolute atomic E-state index is 2.47. The van der Waals surface area contributed by atoms with Gasteiger partial charge in [0.2, 0.25) is 0 Å². The Kier molecular flexibility index (Phi) is 17.0. The highest BCUT2D eigenvalue weighted by Gasteiger charge is 2.25. The second kappa shape index (κ2) is 30.0. The van der Waals surface area contributed by atoms with E-state index in [0.717, 1.165) is 0 Å².